The van der Waals surface area contributed by atoms with E-state index in [4.69, 9.17) is 38.3 Å². The first kappa shape index (κ1) is 71.7. The minimum absolute atomic E-state index is 0.0135. The number of carbonyl (C=O) groups excluding carboxylic acids is 8. The van der Waals surface area contributed by atoms with Crippen molar-refractivity contribution in [3.63, 3.8) is 0 Å². The van der Waals surface area contributed by atoms with Crippen LogP contribution < -0.4 is 21.3 Å². The number of aliphatic hydroxyl groups excluding tert-OH is 1. The lowest BCUT2D eigenvalue weighted by Crippen LogP contribution is -2.78. The summed E-state index contributed by atoms with van der Waals surface area (Å²) in [6.07, 6.45) is -14.4. The maximum atomic E-state index is 16.0. The zero-order chi connectivity index (χ0) is 66.6. The van der Waals surface area contributed by atoms with Crippen molar-refractivity contribution in [1.29, 1.82) is 0 Å². The molecule has 0 aliphatic heterocycles. The van der Waals surface area contributed by atoms with Crippen LogP contribution in [0.15, 0.2) is 71.8 Å². The number of aliphatic carboxylic acids is 3. The summed E-state index contributed by atoms with van der Waals surface area (Å²) in [5.74, 6) is -11.7. The van der Waals surface area contributed by atoms with Gasteiger partial charge < -0.3 is 80.0 Å². The fraction of sp³-hybridized carbons (Fsp3) is 0.597. The molecule has 2 fully saturated rings. The van der Waals surface area contributed by atoms with E-state index in [1.807, 2.05) is 5.32 Å². The van der Waals surface area contributed by atoms with Crippen LogP contribution in [0.3, 0.4) is 0 Å². The van der Waals surface area contributed by atoms with Gasteiger partial charge in [0.25, 0.3) is 0 Å². The number of alkyl carbamates (subject to hydrolysis) is 1. The van der Waals surface area contributed by atoms with Gasteiger partial charge >= 0.3 is 53.9 Å². The second-order valence-electron chi connectivity index (χ2n) is 24.2. The van der Waals surface area contributed by atoms with E-state index < -0.39 is 186 Å². The molecule has 2 aromatic carbocycles. The van der Waals surface area contributed by atoms with Crippen LogP contribution in [0.25, 0.3) is 0 Å². The molecule has 9 N–H and O–H groups in total. The van der Waals surface area contributed by atoms with Gasteiger partial charge in [-0.05, 0) is 95.6 Å². The molecule has 2 aromatic rings. The highest BCUT2D eigenvalue weighted by Gasteiger charge is 2.75. The monoisotopic (exact) mass is 1250 g/mol. The number of Topliss-reactive ketones (excluding diaryl/α,β-unsaturated/α-hetero) is 1. The van der Waals surface area contributed by atoms with E-state index in [9.17, 15) is 63.6 Å². The van der Waals surface area contributed by atoms with E-state index in [1.165, 1.54) is 52.3 Å². The van der Waals surface area contributed by atoms with Gasteiger partial charge in [0.15, 0.2) is 5.78 Å². The number of amides is 4. The first-order chi connectivity index (χ1) is 41.6. The highest BCUT2D eigenvalue weighted by molar-refractivity contribution is 5.95. The number of esters is 4. The second-order valence-corrected chi connectivity index (χ2v) is 24.2. The van der Waals surface area contributed by atoms with Crippen molar-refractivity contribution in [2.75, 3.05) is 20.8 Å². The third-order valence-electron chi connectivity index (χ3n) is 17.0. The Morgan fingerprint density at radius 2 is 1.37 bits per heavy atom. The SMILES string of the molecule is CC[C@]1(OC(C)=O)[C@H](O)C[C@H](OC)[C@@]2(C)C(=O)[C@H](OC)C3=C(C)[C@@H](OC(=O)[C@H](OC(=O)CCC(=O)NCCCC[C@H](NC(=O)N[C@@H](CCC(=O)O)C(=O)O)C(=O)O)[C@@H](NC(=O)OC(C)(C)C)c4ccccc4)C[C@@](O)([C@@H](OC(=O)c4ccccc4)[C@H]12)C3(C)C. The number of rotatable bonds is 27. The van der Waals surface area contributed by atoms with E-state index in [0.717, 1.165) is 6.92 Å². The van der Waals surface area contributed by atoms with E-state index in [0.29, 0.717) is 0 Å². The molecule has 0 unspecified atom stereocenters. The predicted molar refractivity (Wildman–Crippen MR) is 311 cm³/mol. The van der Waals surface area contributed by atoms with Crippen LogP contribution in [-0.2, 0) is 71.5 Å². The summed E-state index contributed by atoms with van der Waals surface area (Å²) < 4.78 is 42.8. The van der Waals surface area contributed by atoms with Crippen molar-refractivity contribution < 1.29 is 111 Å². The summed E-state index contributed by atoms with van der Waals surface area (Å²) in [4.78, 5) is 147. The molecule has 3 aliphatic rings. The number of carbonyl (C=O) groups is 11. The first-order valence-electron chi connectivity index (χ1n) is 29.3. The Labute approximate surface area is 515 Å². The van der Waals surface area contributed by atoms with Gasteiger partial charge in [0, 0.05) is 58.8 Å². The molecule has 5 rings (SSSR count). The number of fused-ring (bicyclic) bond motifs is 3. The molecular weight excluding hydrogens is 1170 g/mol. The van der Waals surface area contributed by atoms with E-state index in [-0.39, 0.29) is 60.9 Å². The smallest absolute Gasteiger partial charge is 0.408 e. The number of carboxylic acids is 3. The molecule has 490 valence electrons. The lowest BCUT2D eigenvalue weighted by molar-refractivity contribution is -0.286. The number of nitrogens with one attached hydrogen (secondary N) is 4. The van der Waals surface area contributed by atoms with Crippen LogP contribution in [0.4, 0.5) is 9.59 Å². The third kappa shape index (κ3) is 16.6. The topological polar surface area (TPSA) is 402 Å². The molecule has 27 nitrogen and oxygen atoms in total. The maximum absolute atomic E-state index is 16.0. The van der Waals surface area contributed by atoms with Gasteiger partial charge in [-0.2, -0.15) is 0 Å². The Balaban J connectivity index is 1.52. The number of aliphatic hydroxyl groups is 2. The van der Waals surface area contributed by atoms with Crippen molar-refractivity contribution in [2.24, 2.45) is 16.7 Å². The molecule has 0 heterocycles. The van der Waals surface area contributed by atoms with Gasteiger partial charge in [0.05, 0.1) is 35.5 Å². The van der Waals surface area contributed by atoms with Crippen molar-refractivity contribution in [3.8, 4) is 0 Å². The highest BCUT2D eigenvalue weighted by Crippen LogP contribution is 2.63. The summed E-state index contributed by atoms with van der Waals surface area (Å²) in [6.45, 7) is 13.6. The number of hydrogen-bond donors (Lipinski definition) is 9. The molecule has 4 amide bonds. The molecule has 0 aromatic heterocycles. The number of ketones is 1. The van der Waals surface area contributed by atoms with Crippen LogP contribution in [0.1, 0.15) is 148 Å². The largest absolute Gasteiger partial charge is 0.481 e. The summed E-state index contributed by atoms with van der Waals surface area (Å²) in [5, 5.41) is 63.7. The summed E-state index contributed by atoms with van der Waals surface area (Å²) in [7, 11) is 2.57. The molecule has 0 spiro atoms. The van der Waals surface area contributed by atoms with Crippen molar-refractivity contribution in [1.82, 2.24) is 21.3 Å². The van der Waals surface area contributed by atoms with Gasteiger partial charge in [0.1, 0.15) is 53.2 Å². The lowest BCUT2D eigenvalue weighted by atomic mass is 9.45. The first-order valence-corrected chi connectivity index (χ1v) is 29.3. The quantitative estimate of drug-likeness (QED) is 0.0255. The number of unbranched alkanes of at least 4 members (excludes halogenated alkanes) is 1. The van der Waals surface area contributed by atoms with Gasteiger partial charge in [-0.15, -0.1) is 0 Å². The van der Waals surface area contributed by atoms with Crippen molar-refractivity contribution in [2.45, 2.75) is 198 Å². The zero-order valence-corrected chi connectivity index (χ0v) is 51.9. The van der Waals surface area contributed by atoms with E-state index in [2.05, 4.69) is 16.0 Å². The number of hydrogen-bond acceptors (Lipinski definition) is 20. The average molecular weight is 1250 g/mol. The third-order valence-corrected chi connectivity index (χ3v) is 17.0. The molecule has 27 heteroatoms. The Bertz CT molecular complexity index is 2970. The number of ether oxygens (including phenoxy) is 7. The summed E-state index contributed by atoms with van der Waals surface area (Å²) >= 11 is 0. The summed E-state index contributed by atoms with van der Waals surface area (Å²) in [5.41, 5.74) is -8.81. The van der Waals surface area contributed by atoms with Gasteiger partial charge in [0.2, 0.25) is 12.0 Å². The second kappa shape index (κ2) is 30.0. The molecule has 2 bridgehead atoms. The normalized spacial score (nSPS) is 25.9. The Morgan fingerprint density at radius 3 is 1.91 bits per heavy atom. The fourth-order valence-corrected chi connectivity index (χ4v) is 12.5. The van der Waals surface area contributed by atoms with Gasteiger partial charge in [-0.3, -0.25) is 24.0 Å². The minimum Gasteiger partial charge on any atom is -0.481 e. The van der Waals surface area contributed by atoms with Crippen LogP contribution >= 0.6 is 0 Å². The lowest BCUT2D eigenvalue weighted by Gasteiger charge is -2.65. The van der Waals surface area contributed by atoms with E-state index >= 15 is 9.59 Å². The molecule has 13 atom stereocenters. The van der Waals surface area contributed by atoms with E-state index in [1.54, 1.807) is 77.9 Å². The Hall–Kier alpha value is -8.01. The van der Waals surface area contributed by atoms with Crippen LogP contribution in [0.5, 0.6) is 0 Å². The highest BCUT2D eigenvalue weighted by atomic mass is 16.6. The van der Waals surface area contributed by atoms with Gasteiger partial charge in [-0.25, -0.2) is 28.8 Å². The maximum Gasteiger partial charge on any atom is 0.408 e. The molecule has 0 saturated heterocycles. The number of carboxylic acid groups (broad SMARTS) is 3. The number of urea groups is 1. The Kier molecular flexibility index (Phi) is 24.2. The average Bonchev–Trinajstić information content (AvgIpc) is 0.680. The summed E-state index contributed by atoms with van der Waals surface area (Å²) in [6, 6.07) is 9.63. The van der Waals surface area contributed by atoms with Crippen LogP contribution in [-0.4, -0.2) is 177 Å². The van der Waals surface area contributed by atoms with Crippen molar-refractivity contribution >= 4 is 65.6 Å². The van der Waals surface area contributed by atoms with Gasteiger partial charge in [-0.1, -0.05) is 69.3 Å². The standard InChI is InChI=1S/C62H84N4O23/c1-12-61(88-34(3)67)40(68)31-41(83-10)60(9)49(61)51(87-54(78)36-23-17-14-18-24-36)62(82)32-39(33(2)45(59(62,7)8)47(84-11)50(60)73)85-55(79)48(46(35-21-15-13-16-22-35)66-57(81)89-58(4,5)6)86-44(72)29-27-42(69)63-30-20-19-25-37(52(74)75)64-56(80)65-38(53(76)77)26-28-43(70)71/h13-18,21-24,37-41,46-49,51,68,82H,12,19-20,25-32H2,1-11H3,(H,63,69)(H,66,81)(H,70,71)(H,74,75)(H,76,77)(H2,64,65,80)/t37-,38-,39-,40+,41-,46-,47+,48+,49-,51-,60+,61-,62+/m0/s1. The molecule has 89 heavy (non-hydrogen) atoms. The fourth-order valence-electron chi connectivity index (χ4n) is 12.5. The molecular formula is C62H84N4O23. The molecule has 0 radical (unpaired) electrons. The van der Waals surface area contributed by atoms with Crippen LogP contribution in [0.2, 0.25) is 0 Å². The molecule has 3 aliphatic carbocycles. The number of benzene rings is 2. The van der Waals surface area contributed by atoms with Crippen molar-refractivity contribution in [3.05, 3.63) is 82.9 Å². The van der Waals surface area contributed by atoms with Crippen LogP contribution in [0, 0.1) is 16.7 Å². The predicted octanol–water partition coefficient (Wildman–Crippen LogP) is 4.63. The minimum atomic E-state index is -2.49. The molecule has 2 saturated carbocycles. The Morgan fingerprint density at radius 1 is 0.775 bits per heavy atom. The zero-order valence-electron chi connectivity index (χ0n) is 51.9. The number of methoxy groups -OCH3 is 2.